The molecule has 0 aliphatic carbocycles. The maximum absolute atomic E-state index is 9.51. The molecule has 0 aromatic carbocycles. The smallest absolute Gasteiger partial charge is 1.00 e. The molecule has 0 radical (unpaired) electrons. The van der Waals surface area contributed by atoms with Gasteiger partial charge in [-0.05, 0) is 0 Å². The molecule has 0 aliphatic rings. The Balaban J connectivity index is 0. The zero-order valence-corrected chi connectivity index (χ0v) is 6.77. The fraction of sp³-hybridized carbons (Fsp3) is 0.600. The van der Waals surface area contributed by atoms with Crippen LogP contribution < -0.4 is 12.4 Å². The first-order valence-corrected chi connectivity index (χ1v) is 4.06. The van der Waals surface area contributed by atoms with Crippen LogP contribution in [0.1, 0.15) is 6.92 Å². The third-order valence-electron chi connectivity index (χ3n) is 0.657. The van der Waals surface area contributed by atoms with Gasteiger partial charge in [0.15, 0.2) is 0 Å². The quantitative estimate of drug-likeness (QED) is 0.254. The second-order valence-electron chi connectivity index (χ2n) is 1.25. The van der Waals surface area contributed by atoms with Crippen molar-refractivity contribution in [3.63, 3.8) is 0 Å². The van der Waals surface area contributed by atoms with E-state index < -0.39 is 0 Å². The minimum absolute atomic E-state index is 0. The summed E-state index contributed by atoms with van der Waals surface area (Å²) in [5.41, 5.74) is 0. The number of halogens is 1. The van der Waals surface area contributed by atoms with E-state index in [2.05, 4.69) is 6.92 Å². The van der Waals surface area contributed by atoms with Crippen LogP contribution in [0.3, 0.4) is 0 Å². The van der Waals surface area contributed by atoms with Crippen molar-refractivity contribution in [2.45, 2.75) is 17.5 Å². The van der Waals surface area contributed by atoms with E-state index in [1.54, 1.807) is 12.0 Å². The van der Waals surface area contributed by atoms with Gasteiger partial charge in [0.1, 0.15) is 0 Å². The van der Waals surface area contributed by atoms with Crippen LogP contribution in [0.5, 0.6) is 0 Å². The molecule has 0 aliphatic heterocycles. The van der Waals surface area contributed by atoms with E-state index >= 15 is 0 Å². The third kappa shape index (κ3) is 9.55. The van der Waals surface area contributed by atoms with Gasteiger partial charge in [0.25, 0.3) is 0 Å². The minimum atomic E-state index is 0. The third-order valence-corrected chi connectivity index (χ3v) is 1.80. The fourth-order valence-electron chi connectivity index (χ4n) is 0.298. The van der Waals surface area contributed by atoms with Gasteiger partial charge in [-0.25, -0.2) is 0 Å². The normalized spacial score (nSPS) is 5.62. The summed E-state index contributed by atoms with van der Waals surface area (Å²) in [5.74, 6) is 1.75. The topological polar surface area (TPSA) is 17.1 Å². The molecule has 0 aromatic heterocycles. The van der Waals surface area contributed by atoms with E-state index in [0.717, 1.165) is 5.28 Å². The molecule has 0 aromatic rings. The maximum Gasteiger partial charge on any atom is -1.00 e. The van der Waals surface area contributed by atoms with Crippen molar-refractivity contribution in [2.24, 2.45) is 0 Å². The van der Waals surface area contributed by atoms with Crippen LogP contribution in [-0.2, 0) is 4.79 Å². The van der Waals surface area contributed by atoms with Crippen molar-refractivity contribution in [2.75, 3.05) is 0 Å². The molecule has 0 amide bonds. The number of allylic oxidation sites excluding steroid dienone is 1. The summed E-state index contributed by atoms with van der Waals surface area (Å²) in [6.07, 6.45) is 1.57. The van der Waals surface area contributed by atoms with Gasteiger partial charge in [-0.1, -0.05) is 0 Å². The molecule has 44 valence electrons. The van der Waals surface area contributed by atoms with E-state index in [1.165, 1.54) is 5.28 Å². The fourth-order valence-corrected chi connectivity index (χ4v) is 0.894. The summed E-state index contributed by atoms with van der Waals surface area (Å²) in [6.45, 7) is 2.13. The van der Waals surface area contributed by atoms with E-state index in [1.807, 2.05) is 0 Å². The standard InChI is InChI=1S/C3H3O.C2H5.Al.ClH/c1-2-3-4;1-2;;/h2H,1H2;1H2,2H3;;1H/q;;+1;/p-1. The van der Waals surface area contributed by atoms with Crippen molar-refractivity contribution in [3.05, 3.63) is 6.08 Å². The SMILES string of the molecule is C[CH2][Al+][CH2]C=C=O.[Cl-]. The molecular weight excluding hydrogens is 138 g/mol. The van der Waals surface area contributed by atoms with Crippen LogP contribution in [0.25, 0.3) is 0 Å². The Kier molecular flexibility index (Phi) is 14.3. The molecule has 0 rings (SSSR count). The van der Waals surface area contributed by atoms with Gasteiger partial charge in [0, 0.05) is 0 Å². The molecule has 0 unspecified atom stereocenters. The van der Waals surface area contributed by atoms with Gasteiger partial charge in [-0.2, -0.15) is 0 Å². The van der Waals surface area contributed by atoms with Crippen LogP contribution in [0.15, 0.2) is 6.08 Å². The Bertz CT molecular complexity index is 78.5. The van der Waals surface area contributed by atoms with Gasteiger partial charge in [0.2, 0.25) is 0 Å². The van der Waals surface area contributed by atoms with E-state index in [4.69, 9.17) is 0 Å². The number of carbonyl (C=O) groups excluding carboxylic acids is 1. The summed E-state index contributed by atoms with van der Waals surface area (Å²) < 4.78 is 0. The van der Waals surface area contributed by atoms with Crippen LogP contribution in [0.4, 0.5) is 0 Å². The van der Waals surface area contributed by atoms with Crippen molar-refractivity contribution in [1.82, 2.24) is 0 Å². The van der Waals surface area contributed by atoms with Crippen LogP contribution in [-0.4, -0.2) is 21.2 Å². The van der Waals surface area contributed by atoms with Gasteiger partial charge in [-0.3, -0.25) is 0 Å². The largest absolute Gasteiger partial charge is 1.00 e. The monoisotopic (exact) mass is 146 g/mol. The molecule has 1 nitrogen and oxygen atoms in total. The summed E-state index contributed by atoms with van der Waals surface area (Å²) >= 11 is 0.498. The van der Waals surface area contributed by atoms with Gasteiger partial charge >= 0.3 is 49.5 Å². The van der Waals surface area contributed by atoms with Gasteiger partial charge < -0.3 is 12.4 Å². The second kappa shape index (κ2) is 10.3. The van der Waals surface area contributed by atoms with Crippen LogP contribution >= 0.6 is 0 Å². The van der Waals surface area contributed by atoms with Crippen LogP contribution in [0, 0.1) is 0 Å². The first-order valence-electron chi connectivity index (χ1n) is 2.42. The number of rotatable bonds is 3. The van der Waals surface area contributed by atoms with Crippen molar-refractivity contribution < 1.29 is 17.2 Å². The molecule has 0 N–H and O–H groups in total. The van der Waals surface area contributed by atoms with E-state index in [0.29, 0.717) is 15.2 Å². The first kappa shape index (κ1) is 11.1. The molecule has 0 atom stereocenters. The summed E-state index contributed by atoms with van der Waals surface area (Å²) in [7, 11) is 0. The molecule has 0 bridgehead atoms. The summed E-state index contributed by atoms with van der Waals surface area (Å²) in [6, 6.07) is 0. The molecule has 0 fully saturated rings. The van der Waals surface area contributed by atoms with Gasteiger partial charge in [0.05, 0.1) is 0 Å². The first-order chi connectivity index (χ1) is 3.41. The molecule has 0 saturated heterocycles. The zero-order chi connectivity index (χ0) is 5.54. The molecule has 3 heteroatoms. The van der Waals surface area contributed by atoms with E-state index in [9.17, 15) is 4.79 Å². The predicted molar refractivity (Wildman–Crippen MR) is 31.3 cm³/mol. The molecule has 0 heterocycles. The van der Waals surface area contributed by atoms with Crippen molar-refractivity contribution >= 4 is 21.2 Å². The second-order valence-corrected chi connectivity index (χ2v) is 3.12. The Labute approximate surface area is 62.3 Å². The zero-order valence-electron chi connectivity index (χ0n) is 4.86. The Morgan fingerprint density at radius 1 is 1.75 bits per heavy atom. The maximum atomic E-state index is 9.51. The average Bonchev–Trinajstić information content (AvgIpc) is 1.69. The van der Waals surface area contributed by atoms with Gasteiger partial charge in [-0.15, -0.1) is 0 Å². The molecular formula is C5H8AlClO. The van der Waals surface area contributed by atoms with E-state index in [-0.39, 0.29) is 12.4 Å². The van der Waals surface area contributed by atoms with Crippen LogP contribution in [0.2, 0.25) is 10.6 Å². The van der Waals surface area contributed by atoms with Crippen molar-refractivity contribution in [3.8, 4) is 0 Å². The Hall–Kier alpha value is 0.272. The average molecular weight is 147 g/mol. The molecule has 0 spiro atoms. The predicted octanol–water partition coefficient (Wildman–Crippen LogP) is -2.06. The van der Waals surface area contributed by atoms with Crippen molar-refractivity contribution in [1.29, 1.82) is 0 Å². The number of hydrogen-bond donors (Lipinski definition) is 0. The molecule has 8 heavy (non-hydrogen) atoms. The summed E-state index contributed by atoms with van der Waals surface area (Å²) in [4.78, 5) is 9.51. The Morgan fingerprint density at radius 2 is 2.38 bits per heavy atom. The number of hydrogen-bond acceptors (Lipinski definition) is 1. The minimum Gasteiger partial charge on any atom is -1.00 e. The Morgan fingerprint density at radius 3 is 2.75 bits per heavy atom. The molecule has 0 saturated carbocycles. The summed E-state index contributed by atoms with van der Waals surface area (Å²) in [5, 5.41) is 2.21.